The molecule has 1 aromatic carbocycles. The molecule has 4 nitrogen and oxygen atoms in total. The average Bonchev–Trinajstić information content (AvgIpc) is 2.34. The van der Waals surface area contributed by atoms with E-state index in [1.165, 1.54) is 11.0 Å². The Morgan fingerprint density at radius 1 is 1.44 bits per heavy atom. The molecule has 1 aliphatic rings. The van der Waals surface area contributed by atoms with E-state index in [2.05, 4.69) is 0 Å². The van der Waals surface area contributed by atoms with E-state index < -0.39 is 17.8 Å². The number of carbonyl (C=O) groups is 2. The Balaban J connectivity index is 2.21. The Morgan fingerprint density at radius 3 is 2.83 bits per heavy atom. The topological polar surface area (TPSA) is 57.6 Å². The number of rotatable bonds is 3. The molecule has 0 saturated carbocycles. The van der Waals surface area contributed by atoms with E-state index in [1.54, 1.807) is 18.2 Å². The first kappa shape index (κ1) is 12.5. The molecule has 1 aromatic rings. The van der Waals surface area contributed by atoms with E-state index in [9.17, 15) is 14.0 Å². The van der Waals surface area contributed by atoms with Gasteiger partial charge >= 0.3 is 5.97 Å². The second-order valence-corrected chi connectivity index (χ2v) is 4.36. The van der Waals surface area contributed by atoms with Gasteiger partial charge in [0.2, 0.25) is 5.91 Å². The summed E-state index contributed by atoms with van der Waals surface area (Å²) in [4.78, 5) is 24.1. The first-order valence-corrected chi connectivity index (χ1v) is 5.85. The molecule has 1 amide bonds. The number of amides is 1. The van der Waals surface area contributed by atoms with Gasteiger partial charge < -0.3 is 10.0 Å². The highest BCUT2D eigenvalue weighted by Crippen LogP contribution is 2.22. The van der Waals surface area contributed by atoms with Crippen molar-refractivity contribution in [3.63, 3.8) is 0 Å². The van der Waals surface area contributed by atoms with Crippen LogP contribution < -0.4 is 0 Å². The molecule has 1 saturated heterocycles. The van der Waals surface area contributed by atoms with Crippen LogP contribution in [0.3, 0.4) is 0 Å². The lowest BCUT2D eigenvalue weighted by Crippen LogP contribution is -2.47. The van der Waals surface area contributed by atoms with Crippen LogP contribution >= 0.6 is 0 Å². The summed E-state index contributed by atoms with van der Waals surface area (Å²) < 4.78 is 13.5. The molecule has 5 heteroatoms. The number of piperidine rings is 1. The third-order valence-corrected chi connectivity index (χ3v) is 3.15. The van der Waals surface area contributed by atoms with Crippen molar-refractivity contribution >= 4 is 11.9 Å². The molecule has 1 N–H and O–H groups in total. The Labute approximate surface area is 104 Å². The van der Waals surface area contributed by atoms with Crippen molar-refractivity contribution in [3.8, 4) is 0 Å². The number of carboxylic acids is 1. The van der Waals surface area contributed by atoms with Crippen LogP contribution in [0.1, 0.15) is 24.8 Å². The summed E-state index contributed by atoms with van der Waals surface area (Å²) in [5.74, 6) is -1.67. The van der Waals surface area contributed by atoms with Crippen molar-refractivity contribution in [2.75, 3.05) is 0 Å². The zero-order chi connectivity index (χ0) is 13.1. The van der Waals surface area contributed by atoms with E-state index in [4.69, 9.17) is 5.11 Å². The maximum absolute atomic E-state index is 13.5. The molecule has 96 valence electrons. The minimum absolute atomic E-state index is 0.0163. The van der Waals surface area contributed by atoms with Crippen LogP contribution in [0.2, 0.25) is 0 Å². The predicted molar refractivity (Wildman–Crippen MR) is 62.2 cm³/mol. The maximum Gasteiger partial charge on any atom is 0.326 e. The number of benzene rings is 1. The van der Waals surface area contributed by atoms with E-state index in [-0.39, 0.29) is 12.5 Å². The van der Waals surface area contributed by atoms with Crippen molar-refractivity contribution in [3.05, 3.63) is 35.6 Å². The van der Waals surface area contributed by atoms with Gasteiger partial charge in [-0.2, -0.15) is 0 Å². The lowest BCUT2D eigenvalue weighted by atomic mass is 10.0. The maximum atomic E-state index is 13.5. The van der Waals surface area contributed by atoms with Crippen LogP contribution in [0, 0.1) is 5.82 Å². The molecule has 0 spiro atoms. The smallest absolute Gasteiger partial charge is 0.326 e. The van der Waals surface area contributed by atoms with Gasteiger partial charge in [0.25, 0.3) is 0 Å². The predicted octanol–water partition coefficient (Wildman–Crippen LogP) is 1.79. The lowest BCUT2D eigenvalue weighted by Gasteiger charge is -2.33. The highest BCUT2D eigenvalue weighted by molar-refractivity contribution is 5.84. The van der Waals surface area contributed by atoms with Gasteiger partial charge in [-0.1, -0.05) is 18.2 Å². The number of hydrogen-bond acceptors (Lipinski definition) is 2. The molecular formula is C13H14FNO3. The largest absolute Gasteiger partial charge is 0.480 e. The molecule has 1 heterocycles. The highest BCUT2D eigenvalue weighted by atomic mass is 19.1. The van der Waals surface area contributed by atoms with Crippen molar-refractivity contribution < 1.29 is 19.1 Å². The van der Waals surface area contributed by atoms with Crippen molar-refractivity contribution in [1.82, 2.24) is 4.90 Å². The molecule has 1 aliphatic heterocycles. The second kappa shape index (κ2) is 5.16. The van der Waals surface area contributed by atoms with Gasteiger partial charge in [0.1, 0.15) is 11.9 Å². The van der Waals surface area contributed by atoms with Crippen molar-refractivity contribution in [2.45, 2.75) is 31.8 Å². The van der Waals surface area contributed by atoms with Gasteiger partial charge in [-0.05, 0) is 18.9 Å². The molecule has 1 unspecified atom stereocenters. The number of aliphatic carboxylic acids is 1. The summed E-state index contributed by atoms with van der Waals surface area (Å²) in [6.07, 6.45) is 1.33. The molecule has 0 radical (unpaired) electrons. The molecule has 1 fully saturated rings. The number of halogens is 1. The molecule has 0 aromatic heterocycles. The molecule has 2 rings (SSSR count). The molecule has 1 atom stereocenters. The number of likely N-dealkylation sites (tertiary alicyclic amines) is 1. The average molecular weight is 251 g/mol. The van der Waals surface area contributed by atoms with Gasteiger partial charge in [0.15, 0.2) is 0 Å². The van der Waals surface area contributed by atoms with Crippen LogP contribution in [-0.2, 0) is 16.1 Å². The standard InChI is InChI=1S/C13H14FNO3/c14-10-5-2-1-4-9(10)8-15-11(13(17)18)6-3-7-12(15)16/h1-2,4-5,11H,3,6-8H2,(H,17,18). The lowest BCUT2D eigenvalue weighted by molar-refractivity contribution is -0.153. The van der Waals surface area contributed by atoms with Crippen LogP contribution in [0.25, 0.3) is 0 Å². The minimum Gasteiger partial charge on any atom is -0.480 e. The third kappa shape index (κ3) is 2.50. The molecule has 0 aliphatic carbocycles. The SMILES string of the molecule is O=C(O)C1CCCC(=O)N1Cc1ccccc1F. The van der Waals surface area contributed by atoms with Gasteiger partial charge in [-0.15, -0.1) is 0 Å². The van der Waals surface area contributed by atoms with Crippen molar-refractivity contribution in [1.29, 1.82) is 0 Å². The van der Waals surface area contributed by atoms with Crippen LogP contribution in [0.15, 0.2) is 24.3 Å². The summed E-state index contributed by atoms with van der Waals surface area (Å²) in [5.41, 5.74) is 0.346. The monoisotopic (exact) mass is 251 g/mol. The van der Waals surface area contributed by atoms with Gasteiger partial charge in [0, 0.05) is 18.5 Å². The molecular weight excluding hydrogens is 237 g/mol. The molecule has 18 heavy (non-hydrogen) atoms. The van der Waals surface area contributed by atoms with Gasteiger partial charge in [-0.25, -0.2) is 9.18 Å². The summed E-state index contributed by atoms with van der Waals surface area (Å²) in [7, 11) is 0. The van der Waals surface area contributed by atoms with Crippen molar-refractivity contribution in [2.24, 2.45) is 0 Å². The normalized spacial score (nSPS) is 19.9. The van der Waals surface area contributed by atoms with Crippen LogP contribution in [0.5, 0.6) is 0 Å². The summed E-state index contributed by atoms with van der Waals surface area (Å²) in [6, 6.07) is 5.26. The van der Waals surface area contributed by atoms with Gasteiger partial charge in [-0.3, -0.25) is 4.79 Å². The summed E-state index contributed by atoms with van der Waals surface area (Å²) >= 11 is 0. The fraction of sp³-hybridized carbons (Fsp3) is 0.385. The van der Waals surface area contributed by atoms with Crippen LogP contribution in [-0.4, -0.2) is 27.9 Å². The Morgan fingerprint density at radius 2 is 2.17 bits per heavy atom. The number of hydrogen-bond donors (Lipinski definition) is 1. The first-order valence-electron chi connectivity index (χ1n) is 5.85. The quantitative estimate of drug-likeness (QED) is 0.891. The highest BCUT2D eigenvalue weighted by Gasteiger charge is 2.33. The number of carboxylic acid groups (broad SMARTS) is 1. The summed E-state index contributed by atoms with van der Waals surface area (Å²) in [5, 5.41) is 9.09. The number of nitrogens with zero attached hydrogens (tertiary/aromatic N) is 1. The van der Waals surface area contributed by atoms with E-state index >= 15 is 0 Å². The Hall–Kier alpha value is -1.91. The fourth-order valence-electron chi connectivity index (χ4n) is 2.19. The minimum atomic E-state index is -1.03. The molecule has 0 bridgehead atoms. The van der Waals surface area contributed by atoms with E-state index in [0.29, 0.717) is 24.8 Å². The zero-order valence-electron chi connectivity index (χ0n) is 9.80. The zero-order valence-corrected chi connectivity index (χ0v) is 9.80. The van der Waals surface area contributed by atoms with E-state index in [0.717, 1.165) is 0 Å². The van der Waals surface area contributed by atoms with Gasteiger partial charge in [0.05, 0.1) is 0 Å². The Bertz CT molecular complexity index is 475. The Kier molecular flexibility index (Phi) is 3.60. The van der Waals surface area contributed by atoms with Crippen LogP contribution in [0.4, 0.5) is 4.39 Å². The number of carbonyl (C=O) groups excluding carboxylic acids is 1. The first-order chi connectivity index (χ1) is 8.59. The summed E-state index contributed by atoms with van der Waals surface area (Å²) in [6.45, 7) is 0.0163. The fourth-order valence-corrected chi connectivity index (χ4v) is 2.19. The third-order valence-electron chi connectivity index (χ3n) is 3.15. The van der Waals surface area contributed by atoms with E-state index in [1.807, 2.05) is 0 Å². The second-order valence-electron chi connectivity index (χ2n) is 4.36.